The molecule has 0 aliphatic heterocycles. The molecule has 1 N–H and O–H groups in total. The summed E-state index contributed by atoms with van der Waals surface area (Å²) >= 11 is 0. The van der Waals surface area contributed by atoms with Gasteiger partial charge in [-0.05, 0) is 35.4 Å². The first-order valence-electron chi connectivity index (χ1n) is 10.6. The molecule has 0 aromatic heterocycles. The average Bonchev–Trinajstić information content (AvgIpc) is 2.87. The van der Waals surface area contributed by atoms with Gasteiger partial charge in [0.15, 0.2) is 0 Å². The summed E-state index contributed by atoms with van der Waals surface area (Å²) in [5.41, 5.74) is 1.89. The molecule has 0 saturated heterocycles. The zero-order valence-electron chi connectivity index (χ0n) is 18.4. The average molecular weight is 460 g/mol. The number of carbonyl (C=O) groups excluding carboxylic acids is 2. The lowest BCUT2D eigenvalue weighted by Crippen LogP contribution is -2.27. The molecule has 0 spiro atoms. The van der Waals surface area contributed by atoms with Crippen LogP contribution in [0.4, 0.5) is 0 Å². The van der Waals surface area contributed by atoms with Crippen molar-refractivity contribution in [1.29, 1.82) is 0 Å². The standard InChI is InChI=1S/C27H24O7/c1-2-25(28)34-22(18-33-27(31)24-11-7-6-10-23(24)26(29)30)16-17-32-21-14-12-20(13-15-21)19-8-4-3-5-9-19/h2-15,22H,1,16-18H2,(H,29,30). The van der Waals surface area contributed by atoms with Crippen molar-refractivity contribution in [3.05, 3.63) is 103 Å². The minimum Gasteiger partial charge on any atom is -0.493 e. The number of carboxylic acid groups (broad SMARTS) is 1. The summed E-state index contributed by atoms with van der Waals surface area (Å²) in [6.45, 7) is 3.31. The fourth-order valence-electron chi connectivity index (χ4n) is 3.17. The summed E-state index contributed by atoms with van der Waals surface area (Å²) < 4.78 is 16.2. The van der Waals surface area contributed by atoms with E-state index in [-0.39, 0.29) is 30.8 Å². The normalized spacial score (nSPS) is 11.2. The summed E-state index contributed by atoms with van der Waals surface area (Å²) in [6, 6.07) is 23.2. The summed E-state index contributed by atoms with van der Waals surface area (Å²) in [7, 11) is 0. The van der Waals surface area contributed by atoms with Crippen LogP contribution in [-0.2, 0) is 14.3 Å². The highest BCUT2D eigenvalue weighted by atomic mass is 16.6. The Bertz CT molecular complexity index is 1140. The molecule has 1 unspecified atom stereocenters. The number of ether oxygens (including phenoxy) is 3. The first-order chi connectivity index (χ1) is 16.5. The molecule has 3 aromatic rings. The Morgan fingerprint density at radius 1 is 0.853 bits per heavy atom. The van der Waals surface area contributed by atoms with Gasteiger partial charge in [-0.3, -0.25) is 0 Å². The van der Waals surface area contributed by atoms with Gasteiger partial charge in [-0.25, -0.2) is 14.4 Å². The molecule has 3 rings (SSSR count). The molecule has 174 valence electrons. The number of carboxylic acids is 1. The van der Waals surface area contributed by atoms with E-state index < -0.39 is 24.0 Å². The Morgan fingerprint density at radius 3 is 2.12 bits per heavy atom. The number of hydrogen-bond donors (Lipinski definition) is 1. The van der Waals surface area contributed by atoms with Crippen molar-refractivity contribution < 1.29 is 33.7 Å². The van der Waals surface area contributed by atoms with Crippen molar-refractivity contribution >= 4 is 17.9 Å². The van der Waals surface area contributed by atoms with Crippen molar-refractivity contribution in [3.63, 3.8) is 0 Å². The molecule has 1 atom stereocenters. The van der Waals surface area contributed by atoms with Crippen LogP contribution < -0.4 is 4.74 Å². The Kier molecular flexibility index (Phi) is 8.57. The van der Waals surface area contributed by atoms with Gasteiger partial charge in [0.1, 0.15) is 18.5 Å². The van der Waals surface area contributed by atoms with Gasteiger partial charge in [-0.2, -0.15) is 0 Å². The van der Waals surface area contributed by atoms with Gasteiger partial charge in [0.05, 0.1) is 17.7 Å². The molecule has 0 radical (unpaired) electrons. The molecule has 0 amide bonds. The van der Waals surface area contributed by atoms with Crippen LogP contribution in [0.5, 0.6) is 5.75 Å². The quantitative estimate of drug-likeness (QED) is 0.325. The molecule has 7 heteroatoms. The SMILES string of the molecule is C=CC(=O)OC(CCOc1ccc(-c2ccccc2)cc1)COC(=O)c1ccccc1C(=O)O. The first kappa shape index (κ1) is 24.3. The predicted octanol–water partition coefficient (Wildman–Crippen LogP) is 4.78. The van der Waals surface area contributed by atoms with Crippen molar-refractivity contribution in [3.8, 4) is 16.9 Å². The number of aromatic carboxylic acids is 1. The van der Waals surface area contributed by atoms with Crippen LogP contribution in [0.15, 0.2) is 91.5 Å². The van der Waals surface area contributed by atoms with Crippen LogP contribution >= 0.6 is 0 Å². The Morgan fingerprint density at radius 2 is 1.47 bits per heavy atom. The molecular weight excluding hydrogens is 436 g/mol. The predicted molar refractivity (Wildman–Crippen MR) is 126 cm³/mol. The molecule has 0 bridgehead atoms. The van der Waals surface area contributed by atoms with E-state index in [4.69, 9.17) is 14.2 Å². The van der Waals surface area contributed by atoms with Gasteiger partial charge in [-0.15, -0.1) is 0 Å². The highest BCUT2D eigenvalue weighted by molar-refractivity contribution is 6.02. The van der Waals surface area contributed by atoms with Gasteiger partial charge in [0.2, 0.25) is 0 Å². The van der Waals surface area contributed by atoms with Crippen molar-refractivity contribution in [2.45, 2.75) is 12.5 Å². The lowest BCUT2D eigenvalue weighted by Gasteiger charge is -2.18. The van der Waals surface area contributed by atoms with Gasteiger partial charge in [0, 0.05) is 12.5 Å². The summed E-state index contributed by atoms with van der Waals surface area (Å²) in [4.78, 5) is 35.4. The molecule has 3 aromatic carbocycles. The van der Waals surface area contributed by atoms with E-state index in [1.165, 1.54) is 24.3 Å². The van der Waals surface area contributed by atoms with Gasteiger partial charge < -0.3 is 19.3 Å². The van der Waals surface area contributed by atoms with Gasteiger partial charge >= 0.3 is 17.9 Å². The van der Waals surface area contributed by atoms with Crippen LogP contribution in [0.2, 0.25) is 0 Å². The fraction of sp³-hybridized carbons (Fsp3) is 0.148. The first-order valence-corrected chi connectivity index (χ1v) is 10.6. The highest BCUT2D eigenvalue weighted by Gasteiger charge is 2.20. The van der Waals surface area contributed by atoms with Gasteiger partial charge in [0.25, 0.3) is 0 Å². The molecule has 0 fully saturated rings. The number of hydrogen-bond acceptors (Lipinski definition) is 6. The highest BCUT2D eigenvalue weighted by Crippen LogP contribution is 2.22. The molecule has 0 heterocycles. The molecule has 0 aliphatic carbocycles. The van der Waals surface area contributed by atoms with E-state index in [0.717, 1.165) is 17.2 Å². The smallest absolute Gasteiger partial charge is 0.339 e. The summed E-state index contributed by atoms with van der Waals surface area (Å²) in [5.74, 6) is -2.09. The molecule has 0 aliphatic rings. The maximum Gasteiger partial charge on any atom is 0.339 e. The Labute approximate surface area is 197 Å². The van der Waals surface area contributed by atoms with Crippen LogP contribution in [0.25, 0.3) is 11.1 Å². The third-order valence-corrected chi connectivity index (χ3v) is 4.90. The maximum atomic E-state index is 12.4. The van der Waals surface area contributed by atoms with E-state index >= 15 is 0 Å². The molecule has 0 saturated carbocycles. The summed E-state index contributed by atoms with van der Waals surface area (Å²) in [5, 5.41) is 9.24. The second kappa shape index (κ2) is 12.0. The van der Waals surface area contributed by atoms with E-state index in [9.17, 15) is 19.5 Å². The monoisotopic (exact) mass is 460 g/mol. The fourth-order valence-corrected chi connectivity index (χ4v) is 3.17. The van der Waals surface area contributed by atoms with Crippen molar-refractivity contribution in [2.24, 2.45) is 0 Å². The van der Waals surface area contributed by atoms with E-state index in [2.05, 4.69) is 6.58 Å². The third-order valence-electron chi connectivity index (χ3n) is 4.90. The van der Waals surface area contributed by atoms with E-state index in [1.807, 2.05) is 54.6 Å². The topological polar surface area (TPSA) is 99.1 Å². The zero-order chi connectivity index (χ0) is 24.3. The largest absolute Gasteiger partial charge is 0.493 e. The Hall–Kier alpha value is -4.39. The molecular formula is C27H24O7. The lowest BCUT2D eigenvalue weighted by molar-refractivity contribution is -0.145. The van der Waals surface area contributed by atoms with Crippen LogP contribution in [-0.4, -0.2) is 42.3 Å². The van der Waals surface area contributed by atoms with E-state index in [0.29, 0.717) is 5.75 Å². The van der Waals surface area contributed by atoms with Crippen molar-refractivity contribution in [1.82, 2.24) is 0 Å². The van der Waals surface area contributed by atoms with E-state index in [1.54, 1.807) is 0 Å². The molecule has 7 nitrogen and oxygen atoms in total. The number of esters is 2. The van der Waals surface area contributed by atoms with Crippen LogP contribution in [0.1, 0.15) is 27.1 Å². The third kappa shape index (κ3) is 6.80. The second-order valence-electron chi connectivity index (χ2n) is 7.24. The number of rotatable bonds is 11. The Balaban J connectivity index is 1.56. The molecule has 34 heavy (non-hydrogen) atoms. The van der Waals surface area contributed by atoms with Crippen LogP contribution in [0.3, 0.4) is 0 Å². The van der Waals surface area contributed by atoms with Crippen molar-refractivity contribution in [2.75, 3.05) is 13.2 Å². The summed E-state index contributed by atoms with van der Waals surface area (Å²) in [6.07, 6.45) is 0.459. The van der Waals surface area contributed by atoms with Crippen LogP contribution in [0, 0.1) is 0 Å². The zero-order valence-corrected chi connectivity index (χ0v) is 18.4. The lowest BCUT2D eigenvalue weighted by atomic mass is 10.1. The van der Waals surface area contributed by atoms with Gasteiger partial charge in [-0.1, -0.05) is 61.2 Å². The minimum absolute atomic E-state index is 0.0847. The number of carbonyl (C=O) groups is 3. The second-order valence-corrected chi connectivity index (χ2v) is 7.24. The maximum absolute atomic E-state index is 12.4. The minimum atomic E-state index is -1.24. The number of benzene rings is 3.